The molecule has 9 heteroatoms. The van der Waals surface area contributed by atoms with E-state index in [2.05, 4.69) is 31.0 Å². The van der Waals surface area contributed by atoms with E-state index in [-0.39, 0.29) is 27.3 Å². The molecule has 0 heterocycles. The average molecular weight is 317 g/mol. The van der Waals surface area contributed by atoms with Gasteiger partial charge in [-0.15, -0.1) is 0 Å². The van der Waals surface area contributed by atoms with Gasteiger partial charge >= 0.3 is 5.97 Å². The van der Waals surface area contributed by atoms with E-state index in [1.54, 1.807) is 13.8 Å². The average Bonchev–Trinajstić information content (AvgIpc) is 2.25. The third kappa shape index (κ3) is 14.1. The predicted octanol–water partition coefficient (Wildman–Crippen LogP) is 1.09. The van der Waals surface area contributed by atoms with Gasteiger partial charge in [-0.2, -0.15) is 25.3 Å². The first kappa shape index (κ1) is 19.5. The smallest absolute Gasteiger partial charge is 0.317 e. The van der Waals surface area contributed by atoms with Gasteiger partial charge in [0.05, 0.1) is 17.0 Å². The second kappa shape index (κ2) is 11.3. The molecule has 0 aliphatic rings. The van der Waals surface area contributed by atoms with Gasteiger partial charge in [-0.25, -0.2) is 0 Å². The monoisotopic (exact) mass is 317 g/mol. The number of aliphatic carboxylic acids is 1. The molecule has 0 aliphatic carbocycles. The molecule has 17 heavy (non-hydrogen) atoms. The highest BCUT2D eigenvalue weighted by Gasteiger charge is 2.15. The SMILES string of the molecule is CC(S)C(=O)SSC(=O)C(C)S.NCC(=O)O. The Labute approximate surface area is 119 Å². The summed E-state index contributed by atoms with van der Waals surface area (Å²) < 4.78 is 0. The number of hydrogen-bond acceptors (Lipinski definition) is 8. The highest BCUT2D eigenvalue weighted by atomic mass is 33.1. The van der Waals surface area contributed by atoms with E-state index in [1.807, 2.05) is 0 Å². The van der Waals surface area contributed by atoms with Gasteiger partial charge in [-0.1, -0.05) is 0 Å². The molecule has 0 rings (SSSR count). The molecule has 100 valence electrons. The van der Waals surface area contributed by atoms with E-state index in [9.17, 15) is 14.4 Å². The summed E-state index contributed by atoms with van der Waals surface area (Å²) in [5, 5.41) is 6.73. The number of carboxylic acid groups (broad SMARTS) is 1. The Balaban J connectivity index is 0. The normalized spacial score (nSPS) is 13.0. The molecule has 0 aromatic rings. The van der Waals surface area contributed by atoms with Crippen LogP contribution in [0.1, 0.15) is 13.8 Å². The van der Waals surface area contributed by atoms with E-state index < -0.39 is 5.97 Å². The molecular weight excluding hydrogens is 302 g/mol. The zero-order valence-electron chi connectivity index (χ0n) is 9.32. The molecule has 2 unspecified atom stereocenters. The first-order chi connectivity index (χ1) is 7.72. The fraction of sp³-hybridized carbons (Fsp3) is 0.625. The van der Waals surface area contributed by atoms with Crippen molar-refractivity contribution >= 4 is 63.0 Å². The van der Waals surface area contributed by atoms with Crippen molar-refractivity contribution in [1.29, 1.82) is 0 Å². The Morgan fingerprint density at radius 2 is 1.35 bits per heavy atom. The van der Waals surface area contributed by atoms with Crippen LogP contribution in [-0.2, 0) is 14.4 Å². The molecule has 0 saturated heterocycles. The lowest BCUT2D eigenvalue weighted by Gasteiger charge is -2.02. The summed E-state index contributed by atoms with van der Waals surface area (Å²) in [6.07, 6.45) is 0. The maximum atomic E-state index is 11.0. The minimum absolute atomic E-state index is 0.106. The van der Waals surface area contributed by atoms with Crippen molar-refractivity contribution in [1.82, 2.24) is 0 Å². The highest BCUT2D eigenvalue weighted by Crippen LogP contribution is 2.27. The topological polar surface area (TPSA) is 97.5 Å². The number of carbonyl (C=O) groups is 3. The first-order valence-electron chi connectivity index (χ1n) is 4.42. The minimum Gasteiger partial charge on any atom is -0.480 e. The summed E-state index contributed by atoms with van der Waals surface area (Å²) in [6.45, 7) is 3.07. The number of hydrogen-bond donors (Lipinski definition) is 4. The third-order valence-corrected chi connectivity index (χ3v) is 4.24. The van der Waals surface area contributed by atoms with Crippen LogP contribution < -0.4 is 5.73 Å². The van der Waals surface area contributed by atoms with E-state index >= 15 is 0 Å². The molecule has 0 aromatic carbocycles. The molecular formula is C8H15NO4S4. The van der Waals surface area contributed by atoms with E-state index in [4.69, 9.17) is 5.11 Å². The summed E-state index contributed by atoms with van der Waals surface area (Å²) in [5.74, 6) is -0.968. The van der Waals surface area contributed by atoms with Crippen LogP contribution in [0.2, 0.25) is 0 Å². The van der Waals surface area contributed by atoms with Gasteiger partial charge in [0, 0.05) is 0 Å². The molecule has 0 fully saturated rings. The Morgan fingerprint density at radius 3 is 1.47 bits per heavy atom. The highest BCUT2D eigenvalue weighted by molar-refractivity contribution is 8.87. The van der Waals surface area contributed by atoms with Crippen LogP contribution in [0.15, 0.2) is 0 Å². The van der Waals surface area contributed by atoms with Crippen molar-refractivity contribution in [3.63, 3.8) is 0 Å². The number of carbonyl (C=O) groups excluding carboxylic acids is 2. The third-order valence-electron chi connectivity index (χ3n) is 1.06. The molecule has 0 saturated carbocycles. The fourth-order valence-corrected chi connectivity index (χ4v) is 2.77. The second-order valence-corrected chi connectivity index (χ2v) is 6.44. The zero-order chi connectivity index (χ0) is 14.0. The van der Waals surface area contributed by atoms with E-state index in [0.717, 1.165) is 21.6 Å². The zero-order valence-corrected chi connectivity index (χ0v) is 12.7. The van der Waals surface area contributed by atoms with Crippen LogP contribution >= 0.6 is 46.8 Å². The van der Waals surface area contributed by atoms with Crippen LogP contribution in [0, 0.1) is 0 Å². The fourth-order valence-electron chi connectivity index (χ4n) is 0.221. The Hall–Kier alpha value is 0.170. The maximum absolute atomic E-state index is 11.0. The quantitative estimate of drug-likeness (QED) is 0.457. The first-order valence-corrected chi connectivity index (χ1v) is 7.60. The molecule has 2 atom stereocenters. The van der Waals surface area contributed by atoms with Gasteiger partial charge in [0.25, 0.3) is 0 Å². The van der Waals surface area contributed by atoms with Gasteiger partial charge in [0.2, 0.25) is 10.2 Å². The van der Waals surface area contributed by atoms with Crippen LogP contribution in [-0.4, -0.2) is 38.4 Å². The number of rotatable bonds is 3. The maximum Gasteiger partial charge on any atom is 0.317 e. The molecule has 0 amide bonds. The van der Waals surface area contributed by atoms with Crippen LogP contribution in [0.5, 0.6) is 0 Å². The minimum atomic E-state index is -0.968. The van der Waals surface area contributed by atoms with Crippen molar-refractivity contribution < 1.29 is 19.5 Å². The summed E-state index contributed by atoms with van der Waals surface area (Å²) in [7, 11) is 1.85. The molecule has 0 bridgehead atoms. The lowest BCUT2D eigenvalue weighted by molar-refractivity contribution is -0.135. The van der Waals surface area contributed by atoms with Crippen LogP contribution in [0.4, 0.5) is 0 Å². The predicted molar refractivity (Wildman–Crippen MR) is 78.8 cm³/mol. The van der Waals surface area contributed by atoms with Crippen LogP contribution in [0.3, 0.4) is 0 Å². The molecule has 0 aromatic heterocycles. The summed E-state index contributed by atoms with van der Waals surface area (Å²) in [5.41, 5.74) is 4.57. The van der Waals surface area contributed by atoms with E-state index in [1.165, 1.54) is 0 Å². The Bertz CT molecular complexity index is 250. The standard InChI is InChI=1S/C6H10O2S4.C2H5NO2/c1-3(9)5(7)11-12-6(8)4(2)10;3-1-2(4)5/h3-4,9-10H,1-2H3;1,3H2,(H,4,5). The van der Waals surface area contributed by atoms with Gasteiger partial charge in [0.1, 0.15) is 0 Å². The summed E-state index contributed by atoms with van der Waals surface area (Å²) in [4.78, 5) is 31.2. The molecule has 3 N–H and O–H groups in total. The number of carboxylic acids is 1. The van der Waals surface area contributed by atoms with Gasteiger partial charge in [0.15, 0.2) is 0 Å². The van der Waals surface area contributed by atoms with Crippen molar-refractivity contribution in [3.8, 4) is 0 Å². The number of nitrogens with two attached hydrogens (primary N) is 1. The van der Waals surface area contributed by atoms with Crippen molar-refractivity contribution in [2.45, 2.75) is 24.3 Å². The largest absolute Gasteiger partial charge is 0.480 e. The van der Waals surface area contributed by atoms with Crippen molar-refractivity contribution in [2.24, 2.45) is 5.73 Å². The van der Waals surface area contributed by atoms with Gasteiger partial charge in [-0.3, -0.25) is 14.4 Å². The molecule has 0 spiro atoms. The lowest BCUT2D eigenvalue weighted by Crippen LogP contribution is -2.10. The molecule has 5 nitrogen and oxygen atoms in total. The van der Waals surface area contributed by atoms with Gasteiger partial charge < -0.3 is 10.8 Å². The van der Waals surface area contributed by atoms with E-state index in [0.29, 0.717) is 0 Å². The molecule has 0 aliphatic heterocycles. The Morgan fingerprint density at radius 1 is 1.12 bits per heavy atom. The van der Waals surface area contributed by atoms with Crippen LogP contribution in [0.25, 0.3) is 0 Å². The van der Waals surface area contributed by atoms with Crippen molar-refractivity contribution in [2.75, 3.05) is 6.54 Å². The summed E-state index contributed by atoms with van der Waals surface area (Å²) in [6, 6.07) is 0. The Kier molecular flexibility index (Phi) is 12.9. The lowest BCUT2D eigenvalue weighted by atomic mass is 10.5. The van der Waals surface area contributed by atoms with Gasteiger partial charge in [-0.05, 0) is 35.4 Å². The number of thiol groups is 2. The second-order valence-electron chi connectivity index (χ2n) is 2.75. The summed E-state index contributed by atoms with van der Waals surface area (Å²) >= 11 is 7.87. The molecule has 0 radical (unpaired) electrons. The van der Waals surface area contributed by atoms with Crippen molar-refractivity contribution in [3.05, 3.63) is 0 Å².